The van der Waals surface area contributed by atoms with Crippen LogP contribution in [0.1, 0.15) is 33.1 Å². The van der Waals surface area contributed by atoms with Crippen LogP contribution >= 0.6 is 0 Å². The van der Waals surface area contributed by atoms with Crippen LogP contribution in [0.15, 0.2) is 0 Å². The van der Waals surface area contributed by atoms with Crippen molar-refractivity contribution >= 4 is 0 Å². The number of hydrogen-bond acceptors (Lipinski definition) is 3. The second-order valence-corrected chi connectivity index (χ2v) is 3.54. The summed E-state index contributed by atoms with van der Waals surface area (Å²) in [6, 6.07) is 0. The van der Waals surface area contributed by atoms with Gasteiger partial charge >= 0.3 is 0 Å². The number of methoxy groups -OCH3 is 2. The number of hydrogen-bond donors (Lipinski definition) is 1. The van der Waals surface area contributed by atoms with E-state index in [1.165, 1.54) is 0 Å². The minimum absolute atomic E-state index is 0.487. The number of rotatable bonds is 7. The van der Waals surface area contributed by atoms with Crippen molar-refractivity contribution in [1.82, 2.24) is 0 Å². The lowest BCUT2D eigenvalue weighted by Gasteiger charge is -2.22. The lowest BCUT2D eigenvalue weighted by atomic mass is 9.98. The first-order valence-electron chi connectivity index (χ1n) is 4.89. The normalized spacial score (nSPS) is 16.2. The van der Waals surface area contributed by atoms with Gasteiger partial charge in [-0.25, -0.2) is 0 Å². The molecule has 3 nitrogen and oxygen atoms in total. The molecule has 0 saturated heterocycles. The van der Waals surface area contributed by atoms with E-state index in [0.29, 0.717) is 5.92 Å². The van der Waals surface area contributed by atoms with Crippen molar-refractivity contribution in [3.63, 3.8) is 0 Å². The molecule has 0 aromatic rings. The van der Waals surface area contributed by atoms with Crippen molar-refractivity contribution in [2.75, 3.05) is 14.2 Å². The molecule has 0 aliphatic carbocycles. The molecule has 0 radical (unpaired) electrons. The van der Waals surface area contributed by atoms with Crippen LogP contribution in [0.2, 0.25) is 0 Å². The Morgan fingerprint density at radius 1 is 1.23 bits per heavy atom. The zero-order chi connectivity index (χ0) is 10.3. The minimum Gasteiger partial charge on any atom is -0.388 e. The van der Waals surface area contributed by atoms with Crippen LogP contribution in [-0.2, 0) is 9.47 Å². The maximum absolute atomic E-state index is 9.66. The number of ether oxygens (including phenoxy) is 2. The molecular formula is C10H22O3. The van der Waals surface area contributed by atoms with Crippen molar-refractivity contribution in [3.05, 3.63) is 0 Å². The molecule has 2 unspecified atom stereocenters. The van der Waals surface area contributed by atoms with Crippen LogP contribution in [0.5, 0.6) is 0 Å². The van der Waals surface area contributed by atoms with E-state index in [2.05, 4.69) is 13.8 Å². The summed E-state index contributed by atoms with van der Waals surface area (Å²) in [6.07, 6.45) is 2.02. The van der Waals surface area contributed by atoms with E-state index in [0.717, 1.165) is 19.3 Å². The maximum atomic E-state index is 9.66. The summed E-state index contributed by atoms with van der Waals surface area (Å²) in [4.78, 5) is 0. The van der Waals surface area contributed by atoms with Crippen molar-refractivity contribution in [3.8, 4) is 0 Å². The van der Waals surface area contributed by atoms with Gasteiger partial charge in [0.15, 0.2) is 6.29 Å². The van der Waals surface area contributed by atoms with E-state index in [4.69, 9.17) is 9.47 Å². The topological polar surface area (TPSA) is 38.7 Å². The Morgan fingerprint density at radius 2 is 1.77 bits per heavy atom. The SMILES string of the molecule is CCCC(C)CC(O)C(OC)OC. The van der Waals surface area contributed by atoms with Crippen LogP contribution in [0.3, 0.4) is 0 Å². The highest BCUT2D eigenvalue weighted by Crippen LogP contribution is 2.15. The Kier molecular flexibility index (Phi) is 7.23. The molecule has 13 heavy (non-hydrogen) atoms. The third-order valence-corrected chi connectivity index (χ3v) is 2.20. The van der Waals surface area contributed by atoms with Crippen LogP contribution in [-0.4, -0.2) is 31.7 Å². The molecule has 80 valence electrons. The van der Waals surface area contributed by atoms with E-state index in [9.17, 15) is 5.11 Å². The second kappa shape index (κ2) is 7.30. The highest BCUT2D eigenvalue weighted by atomic mass is 16.7. The molecule has 0 aromatic heterocycles. The first-order valence-corrected chi connectivity index (χ1v) is 4.89. The lowest BCUT2D eigenvalue weighted by Crippen LogP contribution is -2.31. The predicted octanol–water partition coefficient (Wildman–Crippen LogP) is 1.79. The smallest absolute Gasteiger partial charge is 0.182 e. The van der Waals surface area contributed by atoms with Crippen LogP contribution < -0.4 is 0 Å². The third kappa shape index (κ3) is 5.24. The van der Waals surface area contributed by atoms with Gasteiger partial charge in [0.2, 0.25) is 0 Å². The molecule has 0 fully saturated rings. The summed E-state index contributed by atoms with van der Waals surface area (Å²) >= 11 is 0. The first-order chi connectivity index (χ1) is 6.15. The Hall–Kier alpha value is -0.120. The van der Waals surface area contributed by atoms with E-state index in [1.54, 1.807) is 14.2 Å². The zero-order valence-electron chi connectivity index (χ0n) is 9.12. The van der Waals surface area contributed by atoms with Gasteiger partial charge < -0.3 is 14.6 Å². The van der Waals surface area contributed by atoms with Gasteiger partial charge in [0.1, 0.15) is 6.10 Å². The standard InChI is InChI=1S/C10H22O3/c1-5-6-8(2)7-9(11)10(12-3)13-4/h8-11H,5-7H2,1-4H3. The maximum Gasteiger partial charge on any atom is 0.182 e. The highest BCUT2D eigenvalue weighted by molar-refractivity contribution is 4.64. The summed E-state index contributed by atoms with van der Waals surface area (Å²) in [6.45, 7) is 4.28. The lowest BCUT2D eigenvalue weighted by molar-refractivity contribution is -0.168. The molecule has 0 spiro atoms. The average Bonchev–Trinajstić information content (AvgIpc) is 2.06. The Morgan fingerprint density at radius 3 is 2.15 bits per heavy atom. The molecule has 3 heteroatoms. The quantitative estimate of drug-likeness (QED) is 0.622. The molecule has 0 aromatic carbocycles. The summed E-state index contributed by atoms with van der Waals surface area (Å²) in [7, 11) is 3.09. The van der Waals surface area contributed by atoms with Gasteiger partial charge in [-0.3, -0.25) is 0 Å². The molecule has 0 heterocycles. The van der Waals surface area contributed by atoms with Gasteiger partial charge in [0, 0.05) is 14.2 Å². The molecular weight excluding hydrogens is 168 g/mol. The molecule has 0 aliphatic rings. The fourth-order valence-electron chi connectivity index (χ4n) is 1.54. The van der Waals surface area contributed by atoms with E-state index in [1.807, 2.05) is 0 Å². The van der Waals surface area contributed by atoms with Gasteiger partial charge in [0.25, 0.3) is 0 Å². The minimum atomic E-state index is -0.517. The Bertz CT molecular complexity index is 113. The van der Waals surface area contributed by atoms with Crippen molar-refractivity contribution < 1.29 is 14.6 Å². The Labute approximate surface area is 81.0 Å². The molecule has 0 amide bonds. The van der Waals surface area contributed by atoms with Crippen molar-refractivity contribution in [2.24, 2.45) is 5.92 Å². The van der Waals surface area contributed by atoms with Crippen LogP contribution in [0, 0.1) is 5.92 Å². The van der Waals surface area contributed by atoms with Gasteiger partial charge in [0.05, 0.1) is 0 Å². The van der Waals surface area contributed by atoms with E-state index < -0.39 is 12.4 Å². The van der Waals surface area contributed by atoms with Gasteiger partial charge in [-0.05, 0) is 12.3 Å². The molecule has 0 rings (SSSR count). The molecule has 1 N–H and O–H groups in total. The molecule has 2 atom stereocenters. The van der Waals surface area contributed by atoms with E-state index in [-0.39, 0.29) is 0 Å². The summed E-state index contributed by atoms with van der Waals surface area (Å²) < 4.78 is 9.94. The predicted molar refractivity (Wildman–Crippen MR) is 52.5 cm³/mol. The van der Waals surface area contributed by atoms with E-state index >= 15 is 0 Å². The van der Waals surface area contributed by atoms with Gasteiger partial charge in [-0.2, -0.15) is 0 Å². The zero-order valence-corrected chi connectivity index (χ0v) is 9.12. The average molecular weight is 190 g/mol. The molecule has 0 bridgehead atoms. The molecule has 0 saturated carbocycles. The number of aliphatic hydroxyl groups excluding tert-OH is 1. The summed E-state index contributed by atoms with van der Waals surface area (Å²) in [5, 5.41) is 9.66. The summed E-state index contributed by atoms with van der Waals surface area (Å²) in [5.41, 5.74) is 0. The number of aliphatic hydroxyl groups is 1. The van der Waals surface area contributed by atoms with Crippen LogP contribution in [0.4, 0.5) is 0 Å². The van der Waals surface area contributed by atoms with Crippen LogP contribution in [0.25, 0.3) is 0 Å². The Balaban J connectivity index is 3.75. The monoisotopic (exact) mass is 190 g/mol. The van der Waals surface area contributed by atoms with Gasteiger partial charge in [-0.15, -0.1) is 0 Å². The first kappa shape index (κ1) is 12.9. The largest absolute Gasteiger partial charge is 0.388 e. The summed E-state index contributed by atoms with van der Waals surface area (Å²) in [5.74, 6) is 0.521. The van der Waals surface area contributed by atoms with Crippen molar-refractivity contribution in [1.29, 1.82) is 0 Å². The van der Waals surface area contributed by atoms with Gasteiger partial charge in [-0.1, -0.05) is 26.7 Å². The fourth-order valence-corrected chi connectivity index (χ4v) is 1.54. The third-order valence-electron chi connectivity index (χ3n) is 2.20. The second-order valence-electron chi connectivity index (χ2n) is 3.54. The van der Waals surface area contributed by atoms with Crippen molar-refractivity contribution in [2.45, 2.75) is 45.5 Å². The molecule has 0 aliphatic heterocycles. The highest BCUT2D eigenvalue weighted by Gasteiger charge is 2.19. The fraction of sp³-hybridized carbons (Fsp3) is 1.00.